The van der Waals surface area contributed by atoms with Gasteiger partial charge in [0, 0.05) is 10.3 Å². The zero-order valence-corrected chi connectivity index (χ0v) is 12.9. The Morgan fingerprint density at radius 3 is 2.57 bits per heavy atom. The Balaban J connectivity index is 2.34. The minimum Gasteiger partial charge on any atom is -0.481 e. The Morgan fingerprint density at radius 2 is 1.95 bits per heavy atom. The third kappa shape index (κ3) is 3.95. The van der Waals surface area contributed by atoms with Crippen LogP contribution in [0.4, 0.5) is 9.80 Å². The van der Waals surface area contributed by atoms with Gasteiger partial charge in [0.15, 0.2) is 0 Å². The van der Waals surface area contributed by atoms with E-state index in [1.54, 1.807) is 20.8 Å². The van der Waals surface area contributed by atoms with E-state index in [1.165, 1.54) is 11.3 Å². The molecule has 112 valence electrons. The fourth-order valence-electron chi connectivity index (χ4n) is 1.92. The van der Waals surface area contributed by atoms with Gasteiger partial charge < -0.3 is 9.84 Å². The highest BCUT2D eigenvalue weighted by Crippen LogP contribution is 2.36. The number of benzene rings is 1. The number of hydrogen-bond acceptors (Lipinski definition) is 4. The summed E-state index contributed by atoms with van der Waals surface area (Å²) in [6, 6.07) is 7.47. The van der Waals surface area contributed by atoms with E-state index in [0.29, 0.717) is 10.6 Å². The predicted molar refractivity (Wildman–Crippen MR) is 83.0 cm³/mol. The van der Waals surface area contributed by atoms with Crippen molar-refractivity contribution in [2.75, 3.05) is 5.32 Å². The summed E-state index contributed by atoms with van der Waals surface area (Å²) >= 11 is 1.34. The van der Waals surface area contributed by atoms with Crippen molar-refractivity contribution in [2.45, 2.75) is 32.8 Å². The van der Waals surface area contributed by atoms with E-state index < -0.39 is 17.7 Å². The van der Waals surface area contributed by atoms with Crippen LogP contribution >= 0.6 is 11.3 Å². The summed E-state index contributed by atoms with van der Waals surface area (Å²) in [5, 5.41) is 13.1. The molecule has 21 heavy (non-hydrogen) atoms. The van der Waals surface area contributed by atoms with Crippen LogP contribution in [-0.2, 0) is 16.0 Å². The minimum atomic E-state index is -0.939. The molecule has 0 saturated carbocycles. The van der Waals surface area contributed by atoms with E-state index in [9.17, 15) is 9.59 Å². The maximum Gasteiger partial charge on any atom is 0.412 e. The largest absolute Gasteiger partial charge is 0.481 e. The quantitative estimate of drug-likeness (QED) is 0.902. The molecule has 0 saturated heterocycles. The minimum absolute atomic E-state index is 0.144. The van der Waals surface area contributed by atoms with Crippen LogP contribution in [-0.4, -0.2) is 22.8 Å². The van der Waals surface area contributed by atoms with Gasteiger partial charge >= 0.3 is 12.1 Å². The molecular weight excluding hydrogens is 290 g/mol. The fraction of sp³-hybridized carbons (Fsp3) is 0.333. The van der Waals surface area contributed by atoms with E-state index in [-0.39, 0.29) is 6.42 Å². The molecule has 0 aliphatic carbocycles. The van der Waals surface area contributed by atoms with Gasteiger partial charge in [0.2, 0.25) is 0 Å². The number of rotatable bonds is 3. The van der Waals surface area contributed by atoms with Crippen molar-refractivity contribution in [3.8, 4) is 0 Å². The van der Waals surface area contributed by atoms with Crippen molar-refractivity contribution in [3.63, 3.8) is 0 Å². The Morgan fingerprint density at radius 1 is 1.29 bits per heavy atom. The highest BCUT2D eigenvalue weighted by atomic mass is 32.1. The summed E-state index contributed by atoms with van der Waals surface area (Å²) in [7, 11) is 0. The van der Waals surface area contributed by atoms with Crippen LogP contribution in [0.5, 0.6) is 0 Å². The highest BCUT2D eigenvalue weighted by Gasteiger charge is 2.20. The lowest BCUT2D eigenvalue weighted by atomic mass is 10.1. The summed E-state index contributed by atoms with van der Waals surface area (Å²) in [6.07, 6.45) is -0.726. The number of amides is 1. The molecule has 0 fully saturated rings. The van der Waals surface area contributed by atoms with Crippen molar-refractivity contribution in [1.82, 2.24) is 0 Å². The molecular formula is C15H17NO4S. The third-order valence-corrected chi connectivity index (χ3v) is 3.77. The average Bonchev–Trinajstić information content (AvgIpc) is 2.64. The lowest BCUT2D eigenvalue weighted by Gasteiger charge is -2.19. The number of carboxylic acid groups (broad SMARTS) is 1. The van der Waals surface area contributed by atoms with Crippen molar-refractivity contribution in [2.24, 2.45) is 0 Å². The first-order chi connectivity index (χ1) is 9.76. The van der Waals surface area contributed by atoms with E-state index in [4.69, 9.17) is 9.84 Å². The molecule has 6 heteroatoms. The van der Waals surface area contributed by atoms with Gasteiger partial charge in [-0.3, -0.25) is 10.1 Å². The van der Waals surface area contributed by atoms with Gasteiger partial charge in [-0.15, -0.1) is 11.3 Å². The maximum absolute atomic E-state index is 11.9. The van der Waals surface area contributed by atoms with Crippen LogP contribution < -0.4 is 5.32 Å². The Hall–Kier alpha value is -2.08. The molecule has 0 aliphatic heterocycles. The van der Waals surface area contributed by atoms with Crippen LogP contribution in [0.3, 0.4) is 0 Å². The van der Waals surface area contributed by atoms with E-state index >= 15 is 0 Å². The lowest BCUT2D eigenvalue weighted by Crippen LogP contribution is -2.27. The standard InChI is InChI=1S/C15H17NO4S/c1-15(2,3)20-14(19)16-13-10(8-12(17)18)9-6-4-5-7-11(9)21-13/h4-7H,8H2,1-3H3,(H,16,19)(H,17,18). The van der Waals surface area contributed by atoms with Crippen molar-refractivity contribution in [1.29, 1.82) is 0 Å². The number of nitrogens with one attached hydrogen (secondary N) is 1. The topological polar surface area (TPSA) is 75.6 Å². The van der Waals surface area contributed by atoms with Crippen LogP contribution in [0.15, 0.2) is 24.3 Å². The van der Waals surface area contributed by atoms with Gasteiger partial charge in [-0.2, -0.15) is 0 Å². The van der Waals surface area contributed by atoms with Gasteiger partial charge in [-0.1, -0.05) is 18.2 Å². The average molecular weight is 307 g/mol. The molecule has 0 bridgehead atoms. The molecule has 0 unspecified atom stereocenters. The summed E-state index contributed by atoms with van der Waals surface area (Å²) in [5.74, 6) is -0.939. The van der Waals surface area contributed by atoms with Gasteiger partial charge in [-0.05, 0) is 32.2 Å². The molecule has 2 aromatic rings. The number of ether oxygens (including phenoxy) is 1. The fourth-order valence-corrected chi connectivity index (χ4v) is 3.03. The summed E-state index contributed by atoms with van der Waals surface area (Å²) < 4.78 is 6.14. The van der Waals surface area contributed by atoms with Crippen LogP contribution in [0, 0.1) is 0 Å². The molecule has 2 rings (SSSR count). The number of carbonyl (C=O) groups is 2. The first-order valence-corrected chi connectivity index (χ1v) is 7.30. The van der Waals surface area contributed by atoms with Crippen LogP contribution in [0.25, 0.3) is 10.1 Å². The number of carbonyl (C=O) groups excluding carboxylic acids is 1. The van der Waals surface area contributed by atoms with Gasteiger partial charge in [0.25, 0.3) is 0 Å². The maximum atomic E-state index is 11.9. The van der Waals surface area contributed by atoms with Gasteiger partial charge in [0.1, 0.15) is 10.6 Å². The van der Waals surface area contributed by atoms with E-state index in [1.807, 2.05) is 24.3 Å². The van der Waals surface area contributed by atoms with E-state index in [0.717, 1.165) is 10.1 Å². The summed E-state index contributed by atoms with van der Waals surface area (Å²) in [6.45, 7) is 5.32. The second-order valence-electron chi connectivity index (χ2n) is 5.60. The molecule has 1 heterocycles. The third-order valence-electron chi connectivity index (χ3n) is 2.64. The van der Waals surface area contributed by atoms with Gasteiger partial charge in [-0.25, -0.2) is 4.79 Å². The summed E-state index contributed by atoms with van der Waals surface area (Å²) in [5.41, 5.74) is 0.00207. The first kappa shape index (κ1) is 15.3. The molecule has 0 spiro atoms. The zero-order valence-electron chi connectivity index (χ0n) is 12.1. The highest BCUT2D eigenvalue weighted by molar-refractivity contribution is 7.23. The molecule has 1 aromatic carbocycles. The molecule has 0 radical (unpaired) electrons. The normalized spacial score (nSPS) is 11.4. The van der Waals surface area contributed by atoms with Gasteiger partial charge in [0.05, 0.1) is 6.42 Å². The van der Waals surface area contributed by atoms with Crippen molar-refractivity contribution >= 4 is 38.5 Å². The Labute approximate surface area is 126 Å². The smallest absolute Gasteiger partial charge is 0.412 e. The van der Waals surface area contributed by atoms with Crippen molar-refractivity contribution in [3.05, 3.63) is 29.8 Å². The van der Waals surface area contributed by atoms with Crippen molar-refractivity contribution < 1.29 is 19.4 Å². The van der Waals surface area contributed by atoms with Crippen LogP contribution in [0.2, 0.25) is 0 Å². The van der Waals surface area contributed by atoms with E-state index in [2.05, 4.69) is 5.32 Å². The molecule has 0 aliphatic rings. The summed E-state index contributed by atoms with van der Waals surface area (Å²) in [4.78, 5) is 22.9. The zero-order chi connectivity index (χ0) is 15.6. The van der Waals surface area contributed by atoms with Crippen LogP contribution in [0.1, 0.15) is 26.3 Å². The second kappa shape index (κ2) is 5.73. The number of hydrogen-bond donors (Lipinski definition) is 2. The Kier molecular flexibility index (Phi) is 4.18. The first-order valence-electron chi connectivity index (χ1n) is 6.48. The lowest BCUT2D eigenvalue weighted by molar-refractivity contribution is -0.136. The molecule has 1 aromatic heterocycles. The number of fused-ring (bicyclic) bond motifs is 1. The SMILES string of the molecule is CC(C)(C)OC(=O)Nc1sc2ccccc2c1CC(=O)O. The second-order valence-corrected chi connectivity index (χ2v) is 6.66. The molecule has 0 atom stereocenters. The Bertz CT molecular complexity index is 685. The number of carboxylic acids is 1. The monoisotopic (exact) mass is 307 g/mol. The molecule has 1 amide bonds. The number of anilines is 1. The molecule has 2 N–H and O–H groups in total. The molecule has 5 nitrogen and oxygen atoms in total. The predicted octanol–water partition coefficient (Wildman–Crippen LogP) is 3.88. The number of thiophene rings is 1. The number of aliphatic carboxylic acids is 1.